The summed E-state index contributed by atoms with van der Waals surface area (Å²) in [6.07, 6.45) is 30.3. The van der Waals surface area contributed by atoms with Crippen LogP contribution < -0.4 is 0 Å². The molecule has 0 saturated carbocycles. The largest absolute Gasteiger partial charge is 0.504 e. The number of rotatable bonds is 18. The van der Waals surface area contributed by atoms with Gasteiger partial charge in [0.15, 0.2) is 11.5 Å². The van der Waals surface area contributed by atoms with Crippen molar-refractivity contribution in [1.82, 2.24) is 0 Å². The van der Waals surface area contributed by atoms with Crippen LogP contribution in [0.3, 0.4) is 0 Å². The Labute approximate surface area is 195 Å². The molecule has 0 saturated heterocycles. The van der Waals surface area contributed by atoms with Crippen molar-refractivity contribution in [2.24, 2.45) is 0 Å². The number of phenols is 2. The first-order chi connectivity index (χ1) is 15.6. The normalized spacial score (nSPS) is 12.2. The smallest absolute Gasteiger partial charge is 0.157 e. The van der Waals surface area contributed by atoms with E-state index in [4.69, 9.17) is 0 Å². The Morgan fingerprint density at radius 1 is 0.719 bits per heavy atom. The number of hydrogen-bond donors (Lipinski definition) is 2. The molecule has 0 radical (unpaired) electrons. The van der Waals surface area contributed by atoms with Crippen molar-refractivity contribution in [3.05, 3.63) is 72.4 Å². The molecule has 32 heavy (non-hydrogen) atoms. The molecule has 176 valence electrons. The van der Waals surface area contributed by atoms with Crippen LogP contribution >= 0.6 is 0 Å². The van der Waals surface area contributed by atoms with Gasteiger partial charge in [-0.3, -0.25) is 4.79 Å². The number of ketones is 1. The number of carbonyl (C=O) groups is 1. The van der Waals surface area contributed by atoms with E-state index in [9.17, 15) is 15.0 Å². The van der Waals surface area contributed by atoms with Gasteiger partial charge < -0.3 is 10.2 Å². The van der Waals surface area contributed by atoms with Gasteiger partial charge in [-0.05, 0) is 75.5 Å². The van der Waals surface area contributed by atoms with Crippen LogP contribution in [0.25, 0.3) is 0 Å². The third-order valence-corrected chi connectivity index (χ3v) is 5.24. The van der Waals surface area contributed by atoms with E-state index in [0.29, 0.717) is 18.6 Å². The van der Waals surface area contributed by atoms with Gasteiger partial charge in [0, 0.05) is 12.8 Å². The van der Waals surface area contributed by atoms with Crippen LogP contribution in [-0.4, -0.2) is 16.0 Å². The third kappa shape index (κ3) is 15.3. The topological polar surface area (TPSA) is 57.5 Å². The predicted molar refractivity (Wildman–Crippen MR) is 136 cm³/mol. The molecule has 0 aliphatic heterocycles. The summed E-state index contributed by atoms with van der Waals surface area (Å²) >= 11 is 0. The van der Waals surface area contributed by atoms with Crippen molar-refractivity contribution in [3.8, 4) is 11.5 Å². The number of aryl methyl sites for hydroxylation is 1. The zero-order valence-electron chi connectivity index (χ0n) is 19.8. The van der Waals surface area contributed by atoms with Crippen LogP contribution in [0.4, 0.5) is 0 Å². The molecule has 0 aliphatic rings. The van der Waals surface area contributed by atoms with E-state index >= 15 is 0 Å². The average molecular weight is 439 g/mol. The van der Waals surface area contributed by atoms with Crippen LogP contribution in [0.1, 0.15) is 89.5 Å². The lowest BCUT2D eigenvalue weighted by Crippen LogP contribution is -1.98. The van der Waals surface area contributed by atoms with Crippen LogP contribution in [0.15, 0.2) is 66.8 Å². The molecule has 1 aromatic rings. The number of hydrogen-bond acceptors (Lipinski definition) is 3. The predicted octanol–water partition coefficient (Wildman–Crippen LogP) is 8.14. The highest BCUT2D eigenvalue weighted by Gasteiger charge is 2.04. The molecule has 0 spiro atoms. The second-order valence-electron chi connectivity index (χ2n) is 8.20. The van der Waals surface area contributed by atoms with E-state index in [1.54, 1.807) is 12.1 Å². The van der Waals surface area contributed by atoms with Gasteiger partial charge in [0.05, 0.1) is 0 Å². The quantitative estimate of drug-likeness (QED) is 0.138. The number of carbonyl (C=O) groups excluding carboxylic acids is 1. The Morgan fingerprint density at radius 2 is 1.28 bits per heavy atom. The van der Waals surface area contributed by atoms with Crippen LogP contribution in [0.2, 0.25) is 0 Å². The first-order valence-corrected chi connectivity index (χ1v) is 12.3. The highest BCUT2D eigenvalue weighted by atomic mass is 16.3. The summed E-state index contributed by atoms with van der Waals surface area (Å²) in [5.41, 5.74) is 0.939. The summed E-state index contributed by atoms with van der Waals surface area (Å²) in [7, 11) is 0. The SMILES string of the molecule is CCCCC/C=C\C/C=C\C/C=C\C/C=C\CCCC(=O)CCCc1ccc(O)c(O)c1. The molecule has 2 N–H and O–H groups in total. The molecule has 0 bridgehead atoms. The molecule has 0 atom stereocenters. The average Bonchev–Trinajstić information content (AvgIpc) is 2.78. The summed E-state index contributed by atoms with van der Waals surface area (Å²) in [5, 5.41) is 18.8. The molecule has 1 aromatic carbocycles. The molecule has 1 rings (SSSR count). The molecule has 0 amide bonds. The monoisotopic (exact) mass is 438 g/mol. The molecular weight excluding hydrogens is 396 g/mol. The van der Waals surface area contributed by atoms with Gasteiger partial charge in [0.25, 0.3) is 0 Å². The Hall–Kier alpha value is -2.55. The van der Waals surface area contributed by atoms with Gasteiger partial charge in [-0.25, -0.2) is 0 Å². The lowest BCUT2D eigenvalue weighted by atomic mass is 10.0. The minimum absolute atomic E-state index is 0.104. The highest BCUT2D eigenvalue weighted by molar-refractivity contribution is 5.78. The zero-order valence-corrected chi connectivity index (χ0v) is 19.8. The standard InChI is InChI=1S/C29H42O3/c1-2-3-4-5-6-7-8-9-10-11-12-13-14-15-16-17-18-21-27(30)22-19-20-26-23-24-28(31)29(32)25-26/h6-7,9-10,12-13,15-16,23-25,31-32H,2-5,8,11,14,17-22H2,1H3/b7-6-,10-9-,13-12-,16-15-. The summed E-state index contributed by atoms with van der Waals surface area (Å²) < 4.78 is 0. The fourth-order valence-electron chi connectivity index (χ4n) is 3.32. The summed E-state index contributed by atoms with van der Waals surface area (Å²) in [4.78, 5) is 12.0. The zero-order chi connectivity index (χ0) is 23.3. The van der Waals surface area contributed by atoms with Crippen LogP contribution in [0, 0.1) is 0 Å². The Bertz CT molecular complexity index is 741. The molecule has 0 heterocycles. The number of allylic oxidation sites excluding steroid dienone is 8. The third-order valence-electron chi connectivity index (χ3n) is 5.24. The minimum Gasteiger partial charge on any atom is -0.504 e. The maximum Gasteiger partial charge on any atom is 0.157 e. The van der Waals surface area contributed by atoms with Gasteiger partial charge in [0.2, 0.25) is 0 Å². The number of Topliss-reactive ketones (excluding diaryl/α,β-unsaturated/α-hetero) is 1. The Morgan fingerprint density at radius 3 is 1.88 bits per heavy atom. The Balaban J connectivity index is 1.97. The number of aromatic hydroxyl groups is 2. The fraction of sp³-hybridized carbons (Fsp3) is 0.483. The lowest BCUT2D eigenvalue weighted by Gasteiger charge is -2.03. The van der Waals surface area contributed by atoms with E-state index in [1.807, 2.05) is 0 Å². The molecule has 0 aliphatic carbocycles. The first kappa shape index (κ1) is 27.5. The lowest BCUT2D eigenvalue weighted by molar-refractivity contribution is -0.119. The molecule has 0 fully saturated rings. The number of unbranched alkanes of at least 4 members (excludes halogenated alkanes) is 4. The maximum atomic E-state index is 12.0. The van der Waals surface area contributed by atoms with Crippen molar-refractivity contribution in [2.45, 2.75) is 90.4 Å². The van der Waals surface area contributed by atoms with Gasteiger partial charge in [-0.15, -0.1) is 0 Å². The van der Waals surface area contributed by atoms with E-state index in [2.05, 4.69) is 55.5 Å². The van der Waals surface area contributed by atoms with Crippen LogP contribution in [0.5, 0.6) is 11.5 Å². The van der Waals surface area contributed by atoms with Gasteiger partial charge in [-0.2, -0.15) is 0 Å². The van der Waals surface area contributed by atoms with Gasteiger partial charge >= 0.3 is 0 Å². The first-order valence-electron chi connectivity index (χ1n) is 12.3. The molecule has 3 nitrogen and oxygen atoms in total. The highest BCUT2D eigenvalue weighted by Crippen LogP contribution is 2.25. The minimum atomic E-state index is -0.110. The van der Waals surface area contributed by atoms with Gasteiger partial charge in [-0.1, -0.05) is 74.4 Å². The second-order valence-corrected chi connectivity index (χ2v) is 8.20. The molecule has 3 heteroatoms. The number of benzene rings is 1. The summed E-state index contributed by atoms with van der Waals surface area (Å²) in [5.74, 6) is 0.0819. The molecule has 0 unspecified atom stereocenters. The van der Waals surface area contributed by atoms with E-state index in [0.717, 1.165) is 50.5 Å². The van der Waals surface area contributed by atoms with Crippen molar-refractivity contribution < 1.29 is 15.0 Å². The molecule has 0 aromatic heterocycles. The van der Waals surface area contributed by atoms with E-state index < -0.39 is 0 Å². The number of phenolic OH excluding ortho intramolecular Hbond substituents is 2. The second kappa shape index (κ2) is 19.2. The van der Waals surface area contributed by atoms with Crippen molar-refractivity contribution in [1.29, 1.82) is 0 Å². The maximum absolute atomic E-state index is 12.0. The van der Waals surface area contributed by atoms with E-state index in [-0.39, 0.29) is 11.5 Å². The van der Waals surface area contributed by atoms with Crippen molar-refractivity contribution >= 4 is 5.78 Å². The summed E-state index contributed by atoms with van der Waals surface area (Å²) in [6, 6.07) is 4.83. The van der Waals surface area contributed by atoms with Crippen molar-refractivity contribution in [2.75, 3.05) is 0 Å². The van der Waals surface area contributed by atoms with Gasteiger partial charge in [0.1, 0.15) is 5.78 Å². The molecular formula is C29H42O3. The summed E-state index contributed by atoms with van der Waals surface area (Å²) in [6.45, 7) is 2.23. The Kier molecular flexibility index (Phi) is 16.5. The fourth-order valence-corrected chi connectivity index (χ4v) is 3.32. The van der Waals surface area contributed by atoms with E-state index in [1.165, 1.54) is 31.7 Å². The van der Waals surface area contributed by atoms with Crippen LogP contribution in [-0.2, 0) is 11.2 Å². The van der Waals surface area contributed by atoms with Crippen molar-refractivity contribution in [3.63, 3.8) is 0 Å².